The molecule has 13 rings (SSSR count). The fourth-order valence-electron chi connectivity index (χ4n) is 10.7. The maximum atomic E-state index is 2.55. The zero-order chi connectivity index (χ0) is 36.5. The predicted octanol–water partition coefficient (Wildman–Crippen LogP) is 9.16. The first kappa shape index (κ1) is 30.3. The van der Waals surface area contributed by atoms with Gasteiger partial charge in [0.2, 0.25) is 13.4 Å². The average molecular weight is 706 g/mol. The van der Waals surface area contributed by atoms with Crippen LogP contribution in [-0.2, 0) is 0 Å². The van der Waals surface area contributed by atoms with Crippen LogP contribution in [-0.4, -0.2) is 13.4 Å². The first-order valence-corrected chi connectivity index (χ1v) is 19.7. The largest absolute Gasteiger partial charge is 0.311 e. The Morgan fingerprint density at radius 3 is 1.50 bits per heavy atom. The summed E-state index contributed by atoms with van der Waals surface area (Å²) in [6.07, 6.45) is 0. The van der Waals surface area contributed by atoms with E-state index in [0.29, 0.717) is 0 Å². The topological polar surface area (TPSA) is 6.48 Å². The third kappa shape index (κ3) is 3.93. The van der Waals surface area contributed by atoms with Crippen LogP contribution in [0, 0.1) is 0 Å². The molecule has 0 radical (unpaired) electrons. The maximum absolute atomic E-state index is 2.55. The number of nitrogens with zero attached hydrogens (tertiary/aromatic N) is 2. The summed E-state index contributed by atoms with van der Waals surface area (Å²) in [4.78, 5) is 5.07. The summed E-state index contributed by atoms with van der Waals surface area (Å²) >= 11 is 0. The van der Waals surface area contributed by atoms with Crippen LogP contribution in [0.25, 0.3) is 43.4 Å². The Hall–Kier alpha value is -7.03. The first-order chi connectivity index (χ1) is 27.8. The van der Waals surface area contributed by atoms with E-state index < -0.39 is 0 Å². The predicted molar refractivity (Wildman–Crippen MR) is 241 cm³/mol. The molecule has 0 fully saturated rings. The number of hydrogen-bond acceptors (Lipinski definition) is 2. The van der Waals surface area contributed by atoms with Crippen molar-refractivity contribution in [2.75, 3.05) is 9.80 Å². The second-order valence-corrected chi connectivity index (χ2v) is 15.6. The Morgan fingerprint density at radius 1 is 0.339 bits per heavy atom. The molecule has 0 aliphatic carbocycles. The number of fused-ring (bicyclic) bond motifs is 9. The lowest BCUT2D eigenvalue weighted by atomic mass is 9.35. The minimum absolute atomic E-state index is 0.0961. The second kappa shape index (κ2) is 11.3. The molecule has 0 atom stereocenters. The van der Waals surface area contributed by atoms with Gasteiger partial charge in [-0.3, -0.25) is 0 Å². The van der Waals surface area contributed by atoms with E-state index in [1.165, 1.54) is 110 Å². The van der Waals surface area contributed by atoms with Gasteiger partial charge in [0.25, 0.3) is 0 Å². The van der Waals surface area contributed by atoms with Crippen molar-refractivity contribution in [3.63, 3.8) is 0 Å². The van der Waals surface area contributed by atoms with Crippen LogP contribution in [0.3, 0.4) is 0 Å². The van der Waals surface area contributed by atoms with E-state index in [9.17, 15) is 0 Å². The zero-order valence-corrected chi connectivity index (χ0v) is 30.5. The summed E-state index contributed by atoms with van der Waals surface area (Å²) in [5.74, 6) is 0. The summed E-state index contributed by atoms with van der Waals surface area (Å²) in [7, 11) is 0. The lowest BCUT2D eigenvalue weighted by molar-refractivity contribution is 1.31. The van der Waals surface area contributed by atoms with Gasteiger partial charge >= 0.3 is 0 Å². The normalized spacial score (nSPS) is 13.6. The molecule has 3 aliphatic heterocycles. The Labute approximate surface area is 326 Å². The molecule has 256 valence electrons. The average Bonchev–Trinajstić information content (AvgIpc) is 3.61. The standard InChI is InChI=1S/C52H32B2N2/c1-4-15-35(16-5-1)53-43-24-12-13-25-46(43)55(36-17-6-2-7-18-36)51-40-29-28-34-32-45-52(41-30-27-33(31-44(51)53)48(40)49(34)41)56(37-19-8-3-9-20-37)47-26-14-22-39-38-21-10-11-23-42(38)54(45)50(39)47/h1-32H. The van der Waals surface area contributed by atoms with Crippen molar-refractivity contribution in [3.8, 4) is 11.1 Å². The number of para-hydroxylation sites is 3. The van der Waals surface area contributed by atoms with E-state index in [-0.39, 0.29) is 13.4 Å². The van der Waals surface area contributed by atoms with Gasteiger partial charge in [0.1, 0.15) is 0 Å². The van der Waals surface area contributed by atoms with Crippen molar-refractivity contribution in [3.05, 3.63) is 194 Å². The molecule has 56 heavy (non-hydrogen) atoms. The first-order valence-electron chi connectivity index (χ1n) is 19.7. The molecule has 0 amide bonds. The van der Waals surface area contributed by atoms with Crippen LogP contribution in [0.2, 0.25) is 0 Å². The van der Waals surface area contributed by atoms with Gasteiger partial charge in [-0.25, -0.2) is 0 Å². The van der Waals surface area contributed by atoms with Crippen molar-refractivity contribution in [1.82, 2.24) is 0 Å². The molecule has 0 unspecified atom stereocenters. The number of anilines is 6. The Balaban J connectivity index is 1.16. The van der Waals surface area contributed by atoms with Crippen LogP contribution in [0.4, 0.5) is 34.1 Å². The van der Waals surface area contributed by atoms with Gasteiger partial charge in [0.05, 0.1) is 0 Å². The molecular formula is C52H32B2N2. The van der Waals surface area contributed by atoms with Crippen LogP contribution in [0.5, 0.6) is 0 Å². The molecule has 10 aromatic carbocycles. The summed E-state index contributed by atoms with van der Waals surface area (Å²) in [6, 6.07) is 72.6. The molecule has 0 bridgehead atoms. The molecule has 0 saturated carbocycles. The Bertz CT molecular complexity index is 3140. The van der Waals surface area contributed by atoms with Gasteiger partial charge < -0.3 is 9.80 Å². The van der Waals surface area contributed by atoms with E-state index in [2.05, 4.69) is 204 Å². The number of hydrogen-bond donors (Lipinski definition) is 0. The maximum Gasteiger partial charge on any atom is 0.248 e. The molecule has 10 aromatic rings. The van der Waals surface area contributed by atoms with Gasteiger partial charge in [-0.15, -0.1) is 0 Å². The lowest BCUT2D eigenvalue weighted by Crippen LogP contribution is -2.57. The second-order valence-electron chi connectivity index (χ2n) is 15.6. The van der Waals surface area contributed by atoms with E-state index in [4.69, 9.17) is 0 Å². The molecule has 0 spiro atoms. The highest BCUT2D eigenvalue weighted by atomic mass is 15.2. The SMILES string of the molecule is c1ccc(B2c3ccccc3N(c3ccccc3)c3c2cc2ccc4c5c(cc6ccc3c2c64)B2c3ccccc3-c3cccc(c32)N5c2ccccc2)cc1. The van der Waals surface area contributed by atoms with Crippen molar-refractivity contribution >= 4 is 113 Å². The van der Waals surface area contributed by atoms with E-state index >= 15 is 0 Å². The van der Waals surface area contributed by atoms with E-state index in [1.54, 1.807) is 0 Å². The molecule has 2 nitrogen and oxygen atoms in total. The minimum atomic E-state index is 0.0961. The third-order valence-electron chi connectivity index (χ3n) is 12.8. The van der Waals surface area contributed by atoms with E-state index in [0.717, 1.165) is 0 Å². The Morgan fingerprint density at radius 2 is 0.839 bits per heavy atom. The van der Waals surface area contributed by atoms with Gasteiger partial charge in [-0.1, -0.05) is 169 Å². The summed E-state index contributed by atoms with van der Waals surface area (Å²) in [5, 5.41) is 7.80. The monoisotopic (exact) mass is 706 g/mol. The minimum Gasteiger partial charge on any atom is -0.311 e. The van der Waals surface area contributed by atoms with Crippen LogP contribution in [0.15, 0.2) is 194 Å². The smallest absolute Gasteiger partial charge is 0.248 e. The van der Waals surface area contributed by atoms with Gasteiger partial charge in [-0.05, 0) is 90.9 Å². The van der Waals surface area contributed by atoms with E-state index in [1.807, 2.05) is 0 Å². The van der Waals surface area contributed by atoms with Crippen molar-refractivity contribution < 1.29 is 0 Å². The van der Waals surface area contributed by atoms with Crippen molar-refractivity contribution in [1.29, 1.82) is 0 Å². The summed E-state index contributed by atoms with van der Waals surface area (Å²) < 4.78 is 0. The molecular weight excluding hydrogens is 674 g/mol. The lowest BCUT2D eigenvalue weighted by Gasteiger charge is -2.39. The van der Waals surface area contributed by atoms with Gasteiger partial charge in [-0.2, -0.15) is 0 Å². The molecule has 4 heteroatoms. The number of benzene rings is 10. The Kier molecular flexibility index (Phi) is 6.09. The summed E-state index contributed by atoms with van der Waals surface area (Å²) in [6.45, 7) is 0.262. The van der Waals surface area contributed by atoms with Crippen molar-refractivity contribution in [2.45, 2.75) is 0 Å². The quantitative estimate of drug-likeness (QED) is 0.134. The molecule has 0 aromatic heterocycles. The summed E-state index contributed by atoms with van der Waals surface area (Å²) in [5.41, 5.74) is 18.3. The van der Waals surface area contributed by atoms with Crippen LogP contribution < -0.4 is 42.6 Å². The molecule has 0 N–H and O–H groups in total. The highest BCUT2D eigenvalue weighted by molar-refractivity contribution is 7.02. The van der Waals surface area contributed by atoms with Gasteiger partial charge in [0.15, 0.2) is 0 Å². The van der Waals surface area contributed by atoms with Gasteiger partial charge in [0, 0.05) is 44.9 Å². The fraction of sp³-hybridized carbons (Fsp3) is 0. The van der Waals surface area contributed by atoms with Crippen molar-refractivity contribution in [2.24, 2.45) is 0 Å². The molecule has 3 aliphatic rings. The fourth-order valence-corrected chi connectivity index (χ4v) is 10.7. The van der Waals surface area contributed by atoms with Crippen LogP contribution in [0.1, 0.15) is 0 Å². The highest BCUT2D eigenvalue weighted by Crippen LogP contribution is 2.49. The molecule has 0 saturated heterocycles. The molecule has 3 heterocycles. The third-order valence-corrected chi connectivity index (χ3v) is 12.8. The highest BCUT2D eigenvalue weighted by Gasteiger charge is 2.44. The number of rotatable bonds is 3. The zero-order valence-electron chi connectivity index (χ0n) is 30.5. The van der Waals surface area contributed by atoms with Crippen LogP contribution >= 0.6 is 0 Å².